The number of ether oxygens (including phenoxy) is 1. The lowest BCUT2D eigenvalue weighted by Gasteiger charge is -2.16. The molecule has 0 fully saturated rings. The molecule has 3 rings (SSSR count). The fourth-order valence-corrected chi connectivity index (χ4v) is 2.90. The van der Waals surface area contributed by atoms with E-state index in [1.54, 1.807) is 25.4 Å². The monoisotopic (exact) mass is 320 g/mol. The Morgan fingerprint density at radius 2 is 1.62 bits per heavy atom. The van der Waals surface area contributed by atoms with Gasteiger partial charge in [-0.3, -0.25) is 0 Å². The number of hydrogen-bond acceptors (Lipinski definition) is 4. The molecule has 3 N–H and O–H groups in total. The minimum absolute atomic E-state index is 0.246. The quantitative estimate of drug-likeness (QED) is 0.753. The van der Waals surface area contributed by atoms with Gasteiger partial charge >= 0.3 is 0 Å². The van der Waals surface area contributed by atoms with Gasteiger partial charge in [-0.2, -0.15) is 0 Å². The molecule has 2 aromatic carbocycles. The van der Waals surface area contributed by atoms with E-state index in [1.807, 2.05) is 36.4 Å². The number of aromatic hydroxyl groups is 1. The summed E-state index contributed by atoms with van der Waals surface area (Å²) in [5.41, 5.74) is 11.3. The first-order valence-electron chi connectivity index (χ1n) is 7.85. The third-order valence-electron chi connectivity index (χ3n) is 4.13. The van der Waals surface area contributed by atoms with E-state index in [-0.39, 0.29) is 5.75 Å². The Kier molecular flexibility index (Phi) is 4.38. The predicted molar refractivity (Wildman–Crippen MR) is 97.1 cm³/mol. The van der Waals surface area contributed by atoms with Crippen molar-refractivity contribution in [2.75, 3.05) is 12.8 Å². The Bertz CT molecular complexity index is 841. The average molecular weight is 320 g/mol. The molecule has 0 bridgehead atoms. The van der Waals surface area contributed by atoms with Crippen LogP contribution in [0.1, 0.15) is 12.5 Å². The van der Waals surface area contributed by atoms with Crippen LogP contribution in [0.15, 0.2) is 54.7 Å². The normalized spacial score (nSPS) is 10.6. The van der Waals surface area contributed by atoms with Crippen molar-refractivity contribution < 1.29 is 9.84 Å². The molecule has 3 aromatic rings. The number of aromatic nitrogens is 1. The molecule has 1 aromatic heterocycles. The van der Waals surface area contributed by atoms with Gasteiger partial charge in [-0.05, 0) is 47.4 Å². The van der Waals surface area contributed by atoms with Crippen molar-refractivity contribution in [3.63, 3.8) is 0 Å². The smallest absolute Gasteiger partial charge is 0.131 e. The number of pyridine rings is 1. The van der Waals surface area contributed by atoms with Crippen molar-refractivity contribution in [2.45, 2.75) is 13.3 Å². The second-order valence-electron chi connectivity index (χ2n) is 5.54. The number of rotatable bonds is 4. The van der Waals surface area contributed by atoms with Gasteiger partial charge in [0.2, 0.25) is 0 Å². The van der Waals surface area contributed by atoms with Crippen LogP contribution in [-0.2, 0) is 6.42 Å². The van der Waals surface area contributed by atoms with Crippen LogP contribution in [0.2, 0.25) is 0 Å². The van der Waals surface area contributed by atoms with Crippen molar-refractivity contribution >= 4 is 5.82 Å². The van der Waals surface area contributed by atoms with Crippen molar-refractivity contribution in [1.82, 2.24) is 4.98 Å². The fraction of sp³-hybridized carbons (Fsp3) is 0.150. The zero-order chi connectivity index (χ0) is 17.1. The van der Waals surface area contributed by atoms with Crippen LogP contribution in [0.4, 0.5) is 5.82 Å². The number of phenols is 1. The van der Waals surface area contributed by atoms with E-state index in [1.165, 1.54) is 0 Å². The molecule has 1 heterocycles. The first-order chi connectivity index (χ1) is 11.6. The summed E-state index contributed by atoms with van der Waals surface area (Å²) in [7, 11) is 1.65. The molecule has 0 aliphatic rings. The number of benzene rings is 2. The summed E-state index contributed by atoms with van der Waals surface area (Å²) in [4.78, 5) is 4.39. The number of nitrogens with two attached hydrogens (primary N) is 1. The number of hydrogen-bond donors (Lipinski definition) is 2. The number of nitrogen functional groups attached to an aromatic ring is 1. The van der Waals surface area contributed by atoms with Crippen molar-refractivity contribution in [1.29, 1.82) is 0 Å². The van der Waals surface area contributed by atoms with Gasteiger partial charge in [0.25, 0.3) is 0 Å². The van der Waals surface area contributed by atoms with Crippen LogP contribution >= 0.6 is 0 Å². The molecule has 0 aliphatic carbocycles. The molecular weight excluding hydrogens is 300 g/mol. The van der Waals surface area contributed by atoms with E-state index in [0.29, 0.717) is 5.82 Å². The Morgan fingerprint density at radius 1 is 1.00 bits per heavy atom. The van der Waals surface area contributed by atoms with Gasteiger partial charge in [0, 0.05) is 17.3 Å². The number of phenolic OH excluding ortho intramolecular Hbond substituents is 1. The maximum absolute atomic E-state index is 9.51. The lowest BCUT2D eigenvalue weighted by atomic mass is 9.92. The second-order valence-corrected chi connectivity index (χ2v) is 5.54. The molecule has 4 heteroatoms. The van der Waals surface area contributed by atoms with E-state index in [2.05, 4.69) is 11.9 Å². The highest BCUT2D eigenvalue weighted by atomic mass is 16.5. The standard InChI is InChI=1S/C20H20N2O2/c1-3-17-18(13-4-8-15(23)9-5-13)12-22-20(21)19(17)14-6-10-16(24-2)11-7-14/h4-12,23H,3H2,1-2H3,(H2,21,22). The molecule has 0 saturated heterocycles. The van der Waals surface area contributed by atoms with E-state index >= 15 is 0 Å². The summed E-state index contributed by atoms with van der Waals surface area (Å²) in [5, 5.41) is 9.51. The fourth-order valence-electron chi connectivity index (χ4n) is 2.90. The minimum atomic E-state index is 0.246. The summed E-state index contributed by atoms with van der Waals surface area (Å²) in [6.45, 7) is 2.10. The first-order valence-corrected chi connectivity index (χ1v) is 7.85. The predicted octanol–water partition coefficient (Wildman–Crippen LogP) is 4.27. The van der Waals surface area contributed by atoms with Crippen LogP contribution in [0.25, 0.3) is 22.3 Å². The third-order valence-corrected chi connectivity index (χ3v) is 4.13. The maximum Gasteiger partial charge on any atom is 0.131 e. The first kappa shape index (κ1) is 15.9. The molecule has 0 aliphatic heterocycles. The van der Waals surface area contributed by atoms with Crippen molar-refractivity contribution in [3.05, 3.63) is 60.3 Å². The largest absolute Gasteiger partial charge is 0.508 e. The molecule has 0 spiro atoms. The van der Waals surface area contributed by atoms with Crippen LogP contribution in [0.5, 0.6) is 11.5 Å². The summed E-state index contributed by atoms with van der Waals surface area (Å²) >= 11 is 0. The molecule has 122 valence electrons. The van der Waals surface area contributed by atoms with Gasteiger partial charge in [-0.1, -0.05) is 31.2 Å². The van der Waals surface area contributed by atoms with Crippen molar-refractivity contribution in [2.24, 2.45) is 0 Å². The highest BCUT2D eigenvalue weighted by Crippen LogP contribution is 2.36. The van der Waals surface area contributed by atoms with Crippen LogP contribution in [0.3, 0.4) is 0 Å². The molecule has 0 unspecified atom stereocenters. The average Bonchev–Trinajstić information content (AvgIpc) is 2.62. The lowest BCUT2D eigenvalue weighted by molar-refractivity contribution is 0.415. The molecular formula is C20H20N2O2. The van der Waals surface area contributed by atoms with E-state index in [0.717, 1.165) is 40.0 Å². The molecule has 0 radical (unpaired) electrons. The summed E-state index contributed by atoms with van der Waals surface area (Å²) in [5.74, 6) is 1.56. The number of methoxy groups -OCH3 is 1. The molecule has 4 nitrogen and oxygen atoms in total. The van der Waals surface area contributed by atoms with Gasteiger partial charge in [0.1, 0.15) is 17.3 Å². The summed E-state index contributed by atoms with van der Waals surface area (Å²) in [6, 6.07) is 15.0. The minimum Gasteiger partial charge on any atom is -0.508 e. The second kappa shape index (κ2) is 6.62. The van der Waals surface area contributed by atoms with E-state index in [4.69, 9.17) is 10.5 Å². The number of nitrogens with zero attached hydrogens (tertiary/aromatic N) is 1. The zero-order valence-electron chi connectivity index (χ0n) is 13.8. The lowest BCUT2D eigenvalue weighted by Crippen LogP contribution is -2.01. The molecule has 0 saturated carbocycles. The Labute approximate surface area is 141 Å². The maximum atomic E-state index is 9.51. The molecule has 0 amide bonds. The van der Waals surface area contributed by atoms with Gasteiger partial charge in [0.05, 0.1) is 7.11 Å². The molecule has 0 atom stereocenters. The Balaban J connectivity index is 2.18. The van der Waals surface area contributed by atoms with E-state index in [9.17, 15) is 5.11 Å². The molecule has 24 heavy (non-hydrogen) atoms. The Hall–Kier alpha value is -3.01. The van der Waals surface area contributed by atoms with Gasteiger partial charge in [0.15, 0.2) is 0 Å². The number of anilines is 1. The zero-order valence-corrected chi connectivity index (χ0v) is 13.8. The SMILES string of the molecule is CCc1c(-c2ccc(O)cc2)cnc(N)c1-c1ccc(OC)cc1. The topological polar surface area (TPSA) is 68.4 Å². The Morgan fingerprint density at radius 3 is 2.21 bits per heavy atom. The highest BCUT2D eigenvalue weighted by molar-refractivity contribution is 5.84. The van der Waals surface area contributed by atoms with Crippen LogP contribution < -0.4 is 10.5 Å². The van der Waals surface area contributed by atoms with Crippen molar-refractivity contribution in [3.8, 4) is 33.8 Å². The van der Waals surface area contributed by atoms with Crippen LogP contribution in [-0.4, -0.2) is 17.2 Å². The summed E-state index contributed by atoms with van der Waals surface area (Å²) < 4.78 is 5.23. The summed E-state index contributed by atoms with van der Waals surface area (Å²) in [6.07, 6.45) is 2.62. The van der Waals surface area contributed by atoms with Gasteiger partial charge in [-0.25, -0.2) is 4.98 Å². The van der Waals surface area contributed by atoms with E-state index < -0.39 is 0 Å². The third kappa shape index (κ3) is 2.91. The van der Waals surface area contributed by atoms with Gasteiger partial charge in [-0.15, -0.1) is 0 Å². The highest BCUT2D eigenvalue weighted by Gasteiger charge is 2.15. The van der Waals surface area contributed by atoms with Gasteiger partial charge < -0.3 is 15.6 Å². The van der Waals surface area contributed by atoms with Crippen LogP contribution in [0, 0.1) is 0 Å².